The highest BCUT2D eigenvalue weighted by Crippen LogP contribution is 2.39. The number of amides is 1. The molecule has 104 valence electrons. The van der Waals surface area contributed by atoms with E-state index >= 15 is 0 Å². The summed E-state index contributed by atoms with van der Waals surface area (Å²) in [7, 11) is 4.17. The van der Waals surface area contributed by atoms with Gasteiger partial charge in [-0.05, 0) is 45.3 Å². The lowest BCUT2D eigenvalue weighted by molar-refractivity contribution is 0.0779. The summed E-state index contributed by atoms with van der Waals surface area (Å²) in [5, 5.41) is 7.19. The number of hydrogen-bond donors (Lipinski definition) is 1. The van der Waals surface area contributed by atoms with E-state index in [2.05, 4.69) is 29.2 Å². The molecule has 1 aromatic heterocycles. The van der Waals surface area contributed by atoms with Gasteiger partial charge < -0.3 is 9.80 Å². The Kier molecular flexibility index (Phi) is 3.31. The van der Waals surface area contributed by atoms with Gasteiger partial charge in [0, 0.05) is 31.2 Å². The highest BCUT2D eigenvalue weighted by atomic mass is 16.2. The molecule has 0 radical (unpaired) electrons. The van der Waals surface area contributed by atoms with Crippen LogP contribution >= 0.6 is 0 Å². The molecule has 0 spiro atoms. The monoisotopic (exact) mass is 262 g/mol. The smallest absolute Gasteiger partial charge is 0.274 e. The van der Waals surface area contributed by atoms with Crippen LogP contribution in [0.2, 0.25) is 0 Å². The fraction of sp³-hybridized carbons (Fsp3) is 0.714. The first-order chi connectivity index (χ1) is 9.13. The summed E-state index contributed by atoms with van der Waals surface area (Å²) < 4.78 is 0. The molecule has 1 N–H and O–H groups in total. The Morgan fingerprint density at radius 1 is 1.47 bits per heavy atom. The van der Waals surface area contributed by atoms with Gasteiger partial charge in [0.2, 0.25) is 0 Å². The van der Waals surface area contributed by atoms with Crippen LogP contribution in [0.3, 0.4) is 0 Å². The number of hydrogen-bond acceptors (Lipinski definition) is 3. The van der Waals surface area contributed by atoms with Crippen LogP contribution in [-0.2, 0) is 0 Å². The number of aromatic nitrogens is 2. The van der Waals surface area contributed by atoms with E-state index in [0.29, 0.717) is 17.5 Å². The van der Waals surface area contributed by atoms with Crippen LogP contribution in [-0.4, -0.2) is 59.6 Å². The van der Waals surface area contributed by atoms with Crippen LogP contribution < -0.4 is 0 Å². The highest BCUT2D eigenvalue weighted by molar-refractivity contribution is 5.92. The van der Waals surface area contributed by atoms with Crippen molar-refractivity contribution in [3.63, 3.8) is 0 Å². The Morgan fingerprint density at radius 3 is 2.95 bits per heavy atom. The molecule has 0 aromatic carbocycles. The molecular weight excluding hydrogens is 240 g/mol. The van der Waals surface area contributed by atoms with E-state index in [1.807, 2.05) is 11.0 Å². The van der Waals surface area contributed by atoms with Gasteiger partial charge in [0.15, 0.2) is 0 Å². The number of carbonyl (C=O) groups is 1. The molecule has 1 atom stereocenters. The number of carbonyl (C=O) groups excluding carboxylic acids is 1. The molecule has 2 aliphatic rings. The Balaban J connectivity index is 1.60. The maximum atomic E-state index is 12.4. The van der Waals surface area contributed by atoms with Crippen LogP contribution in [0.1, 0.15) is 41.4 Å². The van der Waals surface area contributed by atoms with Crippen LogP contribution in [0.25, 0.3) is 0 Å². The molecule has 2 fully saturated rings. The quantitative estimate of drug-likeness (QED) is 0.890. The van der Waals surface area contributed by atoms with Crippen LogP contribution in [0, 0.1) is 5.92 Å². The van der Waals surface area contributed by atoms with Crippen molar-refractivity contribution in [2.24, 2.45) is 5.92 Å². The van der Waals surface area contributed by atoms with Crippen molar-refractivity contribution in [3.05, 3.63) is 17.5 Å². The van der Waals surface area contributed by atoms with E-state index < -0.39 is 0 Å². The minimum absolute atomic E-state index is 0.0874. The van der Waals surface area contributed by atoms with Crippen molar-refractivity contribution in [2.45, 2.75) is 25.2 Å². The van der Waals surface area contributed by atoms with Crippen molar-refractivity contribution < 1.29 is 4.79 Å². The first kappa shape index (κ1) is 12.7. The lowest BCUT2D eigenvalue weighted by Gasteiger charge is -2.17. The minimum Gasteiger partial charge on any atom is -0.337 e. The van der Waals surface area contributed by atoms with Crippen molar-refractivity contribution in [2.75, 3.05) is 33.7 Å². The predicted molar refractivity (Wildman–Crippen MR) is 73.1 cm³/mol. The normalized spacial score (nSPS) is 23.3. The van der Waals surface area contributed by atoms with E-state index in [1.54, 1.807) is 0 Å². The summed E-state index contributed by atoms with van der Waals surface area (Å²) in [4.78, 5) is 16.5. The molecule has 5 heteroatoms. The van der Waals surface area contributed by atoms with E-state index in [9.17, 15) is 4.79 Å². The topological polar surface area (TPSA) is 52.2 Å². The Morgan fingerprint density at radius 2 is 2.26 bits per heavy atom. The summed E-state index contributed by atoms with van der Waals surface area (Å²) >= 11 is 0. The van der Waals surface area contributed by atoms with Crippen LogP contribution in [0.5, 0.6) is 0 Å². The van der Waals surface area contributed by atoms with Crippen molar-refractivity contribution in [3.8, 4) is 0 Å². The lowest BCUT2D eigenvalue weighted by Crippen LogP contribution is -2.31. The molecule has 19 heavy (non-hydrogen) atoms. The maximum absolute atomic E-state index is 12.4. The van der Waals surface area contributed by atoms with E-state index in [0.717, 1.165) is 31.7 Å². The van der Waals surface area contributed by atoms with Gasteiger partial charge in [0.05, 0.1) is 0 Å². The first-order valence-electron chi connectivity index (χ1n) is 7.13. The van der Waals surface area contributed by atoms with Gasteiger partial charge in [-0.15, -0.1) is 0 Å². The third-order valence-corrected chi connectivity index (χ3v) is 4.03. The Labute approximate surface area is 114 Å². The fourth-order valence-corrected chi connectivity index (χ4v) is 2.89. The van der Waals surface area contributed by atoms with Gasteiger partial charge in [-0.2, -0.15) is 5.10 Å². The minimum atomic E-state index is 0.0874. The van der Waals surface area contributed by atoms with Crippen molar-refractivity contribution >= 4 is 5.91 Å². The third kappa shape index (κ3) is 2.81. The van der Waals surface area contributed by atoms with Crippen LogP contribution in [0.15, 0.2) is 6.07 Å². The number of likely N-dealkylation sites (tertiary alicyclic amines) is 1. The molecule has 2 heterocycles. The molecule has 1 aliphatic carbocycles. The van der Waals surface area contributed by atoms with E-state index in [4.69, 9.17) is 0 Å². The summed E-state index contributed by atoms with van der Waals surface area (Å²) in [6.07, 6.45) is 3.55. The standard InChI is InChI=1S/C14H22N4O/c1-17(2)8-10-5-6-18(9-10)14(19)13-7-12(15-16-13)11-3-4-11/h7,10-11H,3-6,8-9H2,1-2H3,(H,15,16). The second-order valence-electron chi connectivity index (χ2n) is 6.15. The molecule has 1 saturated carbocycles. The average molecular weight is 262 g/mol. The van der Waals surface area contributed by atoms with Gasteiger partial charge >= 0.3 is 0 Å². The number of rotatable bonds is 4. The van der Waals surface area contributed by atoms with E-state index in [1.165, 1.54) is 12.8 Å². The molecule has 1 unspecified atom stereocenters. The molecule has 1 saturated heterocycles. The molecular formula is C14H22N4O. The zero-order valence-electron chi connectivity index (χ0n) is 11.7. The first-order valence-corrected chi connectivity index (χ1v) is 7.13. The van der Waals surface area contributed by atoms with Gasteiger partial charge in [0.25, 0.3) is 5.91 Å². The predicted octanol–water partition coefficient (Wildman–Crippen LogP) is 1.31. The Bertz CT molecular complexity index is 464. The fourth-order valence-electron chi connectivity index (χ4n) is 2.89. The summed E-state index contributed by atoms with van der Waals surface area (Å²) in [5.41, 5.74) is 1.72. The molecule has 1 amide bonds. The molecule has 3 rings (SSSR count). The lowest BCUT2D eigenvalue weighted by atomic mass is 10.1. The number of nitrogens with one attached hydrogen (secondary N) is 1. The Hall–Kier alpha value is -1.36. The molecule has 5 nitrogen and oxygen atoms in total. The number of H-pyrrole nitrogens is 1. The summed E-state index contributed by atoms with van der Waals surface area (Å²) in [5.74, 6) is 1.30. The largest absolute Gasteiger partial charge is 0.337 e. The van der Waals surface area contributed by atoms with Gasteiger partial charge in [-0.25, -0.2) is 0 Å². The SMILES string of the molecule is CN(C)CC1CCN(C(=O)c2cc(C3CC3)[nH]n2)C1. The second-order valence-corrected chi connectivity index (χ2v) is 6.15. The van der Waals surface area contributed by atoms with Gasteiger partial charge in [0.1, 0.15) is 5.69 Å². The molecule has 1 aromatic rings. The maximum Gasteiger partial charge on any atom is 0.274 e. The van der Waals surface area contributed by atoms with Crippen molar-refractivity contribution in [1.29, 1.82) is 0 Å². The van der Waals surface area contributed by atoms with Crippen LogP contribution in [0.4, 0.5) is 0 Å². The third-order valence-electron chi connectivity index (χ3n) is 4.03. The van der Waals surface area contributed by atoms with Crippen molar-refractivity contribution in [1.82, 2.24) is 20.0 Å². The van der Waals surface area contributed by atoms with E-state index in [-0.39, 0.29) is 5.91 Å². The zero-order chi connectivity index (χ0) is 13.4. The second kappa shape index (κ2) is 4.96. The summed E-state index contributed by atoms with van der Waals surface area (Å²) in [6.45, 7) is 2.78. The molecule has 0 bridgehead atoms. The zero-order valence-corrected chi connectivity index (χ0v) is 11.7. The summed E-state index contributed by atoms with van der Waals surface area (Å²) in [6, 6.07) is 1.94. The number of nitrogens with zero attached hydrogens (tertiary/aromatic N) is 3. The molecule has 1 aliphatic heterocycles. The number of aromatic amines is 1. The average Bonchev–Trinajstić information content (AvgIpc) is 2.92. The van der Waals surface area contributed by atoms with Gasteiger partial charge in [-0.1, -0.05) is 0 Å². The highest BCUT2D eigenvalue weighted by Gasteiger charge is 2.30. The van der Waals surface area contributed by atoms with Gasteiger partial charge in [-0.3, -0.25) is 9.89 Å².